The summed E-state index contributed by atoms with van der Waals surface area (Å²) in [5.74, 6) is 1.05. The molecule has 0 N–H and O–H groups in total. The fraction of sp³-hybridized carbons (Fsp3) is 0.0952. The Morgan fingerprint density at radius 3 is 1.91 bits per heavy atom. The van der Waals surface area contributed by atoms with Crippen LogP contribution in [-0.4, -0.2) is 12.4 Å². The van der Waals surface area contributed by atoms with Gasteiger partial charge in [0.25, 0.3) is 0 Å². The van der Waals surface area contributed by atoms with E-state index in [4.69, 9.17) is 4.99 Å². The van der Waals surface area contributed by atoms with Gasteiger partial charge < -0.3 is 4.90 Å². The second-order valence-corrected chi connectivity index (χ2v) is 5.69. The van der Waals surface area contributed by atoms with Crippen molar-refractivity contribution in [1.82, 2.24) is 0 Å². The van der Waals surface area contributed by atoms with Crippen LogP contribution in [0.4, 0.5) is 5.69 Å². The highest BCUT2D eigenvalue weighted by Gasteiger charge is 2.27. The number of hydrogen-bond acceptors (Lipinski definition) is 2. The first-order chi connectivity index (χ1) is 11.4. The predicted molar refractivity (Wildman–Crippen MR) is 96.0 cm³/mol. The molecule has 0 bridgehead atoms. The molecule has 1 aliphatic heterocycles. The summed E-state index contributed by atoms with van der Waals surface area (Å²) in [6.45, 7) is 0.873. The summed E-state index contributed by atoms with van der Waals surface area (Å²) in [5, 5.41) is 0. The first-order valence-electron chi connectivity index (χ1n) is 7.92. The molecule has 3 aromatic carbocycles. The molecular formula is C21H18N2. The van der Waals surface area contributed by atoms with Crippen LogP contribution in [0.1, 0.15) is 17.2 Å². The molecule has 2 nitrogen and oxygen atoms in total. The summed E-state index contributed by atoms with van der Waals surface area (Å²) in [6.07, 6.45) is 0. The van der Waals surface area contributed by atoms with E-state index in [1.165, 1.54) is 11.3 Å². The van der Waals surface area contributed by atoms with Gasteiger partial charge >= 0.3 is 0 Å². The zero-order valence-electron chi connectivity index (χ0n) is 12.8. The van der Waals surface area contributed by atoms with Crippen molar-refractivity contribution in [3.8, 4) is 0 Å². The number of anilines is 1. The zero-order valence-corrected chi connectivity index (χ0v) is 12.8. The third-order valence-corrected chi connectivity index (χ3v) is 4.17. The van der Waals surface area contributed by atoms with Crippen LogP contribution in [-0.2, 0) is 0 Å². The molecule has 0 amide bonds. The van der Waals surface area contributed by atoms with Crippen LogP contribution in [0.15, 0.2) is 96.0 Å². The highest BCUT2D eigenvalue weighted by atomic mass is 15.3. The van der Waals surface area contributed by atoms with E-state index in [0.29, 0.717) is 0 Å². The van der Waals surface area contributed by atoms with Gasteiger partial charge in [-0.2, -0.15) is 0 Å². The van der Waals surface area contributed by atoms with E-state index in [1.54, 1.807) is 0 Å². The van der Waals surface area contributed by atoms with Crippen LogP contribution in [0.5, 0.6) is 0 Å². The number of benzene rings is 3. The van der Waals surface area contributed by atoms with E-state index in [2.05, 4.69) is 83.8 Å². The number of para-hydroxylation sites is 1. The van der Waals surface area contributed by atoms with Crippen molar-refractivity contribution >= 4 is 11.5 Å². The van der Waals surface area contributed by atoms with Gasteiger partial charge in [-0.15, -0.1) is 0 Å². The van der Waals surface area contributed by atoms with E-state index >= 15 is 0 Å². The minimum Gasteiger partial charge on any atom is -0.324 e. The highest BCUT2D eigenvalue weighted by molar-refractivity contribution is 6.11. The van der Waals surface area contributed by atoms with Crippen LogP contribution in [0.2, 0.25) is 0 Å². The Kier molecular flexibility index (Phi) is 3.65. The molecule has 4 rings (SSSR count). The third kappa shape index (κ3) is 2.76. The molecule has 0 fully saturated rings. The van der Waals surface area contributed by atoms with Crippen molar-refractivity contribution in [2.75, 3.05) is 11.4 Å². The molecule has 23 heavy (non-hydrogen) atoms. The second kappa shape index (κ2) is 6.09. The normalized spacial score (nSPS) is 17.1. The summed E-state index contributed by atoms with van der Waals surface area (Å²) < 4.78 is 0. The second-order valence-electron chi connectivity index (χ2n) is 5.69. The lowest BCUT2D eigenvalue weighted by Gasteiger charge is -2.21. The van der Waals surface area contributed by atoms with E-state index in [9.17, 15) is 0 Å². The summed E-state index contributed by atoms with van der Waals surface area (Å²) in [6, 6.07) is 31.6. The summed E-state index contributed by atoms with van der Waals surface area (Å²) in [4.78, 5) is 7.34. The molecule has 1 atom stereocenters. The lowest BCUT2D eigenvalue weighted by molar-refractivity contribution is 0.780. The number of rotatable bonds is 3. The third-order valence-electron chi connectivity index (χ3n) is 4.17. The lowest BCUT2D eigenvalue weighted by Crippen LogP contribution is -2.28. The minimum absolute atomic E-state index is 0.173. The molecule has 3 aromatic rings. The predicted octanol–water partition coefficient (Wildman–Crippen LogP) is 4.69. The highest BCUT2D eigenvalue weighted by Crippen LogP contribution is 2.30. The molecular weight excluding hydrogens is 280 g/mol. The number of amidine groups is 1. The van der Waals surface area contributed by atoms with Gasteiger partial charge in [0.1, 0.15) is 5.84 Å². The Bertz CT molecular complexity index is 795. The number of nitrogens with zero attached hydrogens (tertiary/aromatic N) is 2. The first-order valence-corrected chi connectivity index (χ1v) is 7.92. The van der Waals surface area contributed by atoms with Gasteiger partial charge in [-0.1, -0.05) is 78.9 Å². The smallest absolute Gasteiger partial charge is 0.136 e. The van der Waals surface area contributed by atoms with Crippen LogP contribution >= 0.6 is 0 Å². The van der Waals surface area contributed by atoms with E-state index < -0.39 is 0 Å². The van der Waals surface area contributed by atoms with Crippen molar-refractivity contribution in [2.45, 2.75) is 6.04 Å². The number of aliphatic imine (C=N–C) groups is 1. The molecule has 0 saturated carbocycles. The van der Waals surface area contributed by atoms with Gasteiger partial charge in [0.2, 0.25) is 0 Å². The van der Waals surface area contributed by atoms with E-state index in [1.807, 2.05) is 12.1 Å². The molecule has 0 saturated heterocycles. The average molecular weight is 298 g/mol. The van der Waals surface area contributed by atoms with Gasteiger partial charge in [0.05, 0.1) is 12.6 Å². The maximum Gasteiger partial charge on any atom is 0.136 e. The lowest BCUT2D eigenvalue weighted by atomic mass is 10.1. The topological polar surface area (TPSA) is 15.6 Å². The minimum atomic E-state index is 0.173. The largest absolute Gasteiger partial charge is 0.324 e. The van der Waals surface area contributed by atoms with Gasteiger partial charge in [-0.05, 0) is 17.7 Å². The van der Waals surface area contributed by atoms with Gasteiger partial charge in [-0.25, -0.2) is 0 Å². The molecule has 112 valence electrons. The van der Waals surface area contributed by atoms with Crippen LogP contribution < -0.4 is 4.90 Å². The SMILES string of the molecule is c1ccc(C2=NC(c3ccccc3)CN2c2ccccc2)cc1. The zero-order chi connectivity index (χ0) is 15.5. The van der Waals surface area contributed by atoms with Gasteiger partial charge in [0, 0.05) is 11.3 Å². The van der Waals surface area contributed by atoms with Crippen molar-refractivity contribution in [3.05, 3.63) is 102 Å². The Labute approximate surface area is 136 Å². The van der Waals surface area contributed by atoms with Gasteiger partial charge in [-0.3, -0.25) is 4.99 Å². The summed E-state index contributed by atoms with van der Waals surface area (Å²) in [5.41, 5.74) is 3.61. The molecule has 0 radical (unpaired) electrons. The van der Waals surface area contributed by atoms with Crippen molar-refractivity contribution in [1.29, 1.82) is 0 Å². The standard InChI is InChI=1S/C21H18N2/c1-4-10-17(11-5-1)20-16-23(19-14-8-3-9-15-19)21(22-20)18-12-6-2-7-13-18/h1-15,20H,16H2. The quantitative estimate of drug-likeness (QED) is 0.684. The molecule has 0 spiro atoms. The molecule has 1 unspecified atom stereocenters. The Morgan fingerprint density at radius 2 is 1.26 bits per heavy atom. The van der Waals surface area contributed by atoms with Crippen molar-refractivity contribution in [2.24, 2.45) is 4.99 Å². The van der Waals surface area contributed by atoms with Gasteiger partial charge in [0.15, 0.2) is 0 Å². The fourth-order valence-electron chi connectivity index (χ4n) is 3.03. The first kappa shape index (κ1) is 13.8. The van der Waals surface area contributed by atoms with Crippen LogP contribution in [0, 0.1) is 0 Å². The average Bonchev–Trinajstić information content (AvgIpc) is 3.09. The summed E-state index contributed by atoms with van der Waals surface area (Å²) >= 11 is 0. The van der Waals surface area contributed by atoms with Crippen molar-refractivity contribution in [3.63, 3.8) is 0 Å². The van der Waals surface area contributed by atoms with Crippen molar-refractivity contribution < 1.29 is 0 Å². The number of hydrogen-bond donors (Lipinski definition) is 0. The monoisotopic (exact) mass is 298 g/mol. The van der Waals surface area contributed by atoms with Crippen LogP contribution in [0.3, 0.4) is 0 Å². The maximum absolute atomic E-state index is 5.03. The maximum atomic E-state index is 5.03. The molecule has 0 aromatic heterocycles. The fourth-order valence-corrected chi connectivity index (χ4v) is 3.03. The molecule has 2 heteroatoms. The molecule has 0 aliphatic carbocycles. The molecule has 1 heterocycles. The Morgan fingerprint density at radius 1 is 0.696 bits per heavy atom. The Hall–Kier alpha value is -2.87. The Balaban J connectivity index is 1.76. The molecule has 1 aliphatic rings. The van der Waals surface area contributed by atoms with Crippen LogP contribution in [0.25, 0.3) is 0 Å². The summed E-state index contributed by atoms with van der Waals surface area (Å²) in [7, 11) is 0. The van der Waals surface area contributed by atoms with E-state index in [-0.39, 0.29) is 6.04 Å². The van der Waals surface area contributed by atoms with E-state index in [0.717, 1.165) is 17.9 Å².